The van der Waals surface area contributed by atoms with Gasteiger partial charge < -0.3 is 9.84 Å². The fourth-order valence-electron chi connectivity index (χ4n) is 2.92. The van der Waals surface area contributed by atoms with Crippen LogP contribution in [-0.2, 0) is 6.54 Å². The van der Waals surface area contributed by atoms with Crippen LogP contribution < -0.4 is 10.3 Å². The first-order chi connectivity index (χ1) is 12.1. The number of nitriles is 1. The third-order valence-corrected chi connectivity index (χ3v) is 4.02. The number of hydrogen-bond acceptors (Lipinski definition) is 4. The highest BCUT2D eigenvalue weighted by Crippen LogP contribution is 2.32. The maximum atomic E-state index is 13.7. The van der Waals surface area contributed by atoms with Crippen LogP contribution >= 0.6 is 0 Å². The largest absolute Gasteiger partial charge is 0.497 e. The molecule has 0 saturated heterocycles. The number of benzene rings is 2. The number of methoxy groups -OCH3 is 1. The predicted molar refractivity (Wildman–Crippen MR) is 92.0 cm³/mol. The molecule has 5 nitrogen and oxygen atoms in total. The van der Waals surface area contributed by atoms with E-state index in [9.17, 15) is 19.6 Å². The fraction of sp³-hybridized carbons (Fsp3) is 0.158. The zero-order valence-corrected chi connectivity index (χ0v) is 13.5. The number of aliphatic hydroxyl groups excluding tert-OH is 1. The molecule has 1 aromatic heterocycles. The van der Waals surface area contributed by atoms with E-state index in [0.29, 0.717) is 27.6 Å². The van der Waals surface area contributed by atoms with Gasteiger partial charge in [0, 0.05) is 16.3 Å². The Morgan fingerprint density at radius 2 is 2.04 bits per heavy atom. The van der Waals surface area contributed by atoms with Crippen LogP contribution in [0, 0.1) is 17.1 Å². The Morgan fingerprint density at radius 1 is 1.24 bits per heavy atom. The molecule has 0 unspecified atom stereocenters. The smallest absolute Gasteiger partial charge is 0.259 e. The molecule has 0 saturated carbocycles. The topological polar surface area (TPSA) is 75.2 Å². The summed E-state index contributed by atoms with van der Waals surface area (Å²) in [4.78, 5) is 12.7. The van der Waals surface area contributed by atoms with Crippen LogP contribution in [0.4, 0.5) is 4.39 Å². The van der Waals surface area contributed by atoms with Crippen molar-refractivity contribution in [3.8, 4) is 22.9 Å². The van der Waals surface area contributed by atoms with Crippen molar-refractivity contribution in [2.75, 3.05) is 13.7 Å². The molecular weight excluding hydrogens is 323 g/mol. The molecule has 0 aliphatic carbocycles. The Kier molecular flexibility index (Phi) is 4.50. The lowest BCUT2D eigenvalue weighted by Crippen LogP contribution is -2.25. The van der Waals surface area contributed by atoms with Gasteiger partial charge >= 0.3 is 0 Å². The summed E-state index contributed by atoms with van der Waals surface area (Å²) < 4.78 is 20.2. The van der Waals surface area contributed by atoms with Gasteiger partial charge in [-0.3, -0.25) is 9.36 Å². The van der Waals surface area contributed by atoms with Crippen molar-refractivity contribution in [1.29, 1.82) is 5.26 Å². The van der Waals surface area contributed by atoms with E-state index in [0.717, 1.165) is 0 Å². The highest BCUT2D eigenvalue weighted by Gasteiger charge is 2.18. The summed E-state index contributed by atoms with van der Waals surface area (Å²) in [7, 11) is 1.50. The number of hydrogen-bond donors (Lipinski definition) is 1. The second kappa shape index (κ2) is 6.75. The van der Waals surface area contributed by atoms with Gasteiger partial charge in [0.25, 0.3) is 5.56 Å². The molecule has 0 spiro atoms. The van der Waals surface area contributed by atoms with Crippen molar-refractivity contribution in [1.82, 2.24) is 4.57 Å². The van der Waals surface area contributed by atoms with Gasteiger partial charge in [0.2, 0.25) is 0 Å². The molecule has 0 aliphatic heterocycles. The van der Waals surface area contributed by atoms with Gasteiger partial charge in [0.15, 0.2) is 0 Å². The Hall–Kier alpha value is -3.17. The van der Waals surface area contributed by atoms with E-state index in [1.807, 2.05) is 6.07 Å². The predicted octanol–water partition coefficient (Wildman–Crippen LogP) is 2.68. The molecule has 0 amide bonds. The minimum absolute atomic E-state index is 0.0218. The van der Waals surface area contributed by atoms with Gasteiger partial charge in [-0.25, -0.2) is 4.39 Å². The minimum Gasteiger partial charge on any atom is -0.497 e. The number of aliphatic hydroxyl groups is 1. The first-order valence-corrected chi connectivity index (χ1v) is 7.62. The zero-order chi connectivity index (χ0) is 18.0. The van der Waals surface area contributed by atoms with E-state index < -0.39 is 5.82 Å². The molecule has 25 heavy (non-hydrogen) atoms. The van der Waals surface area contributed by atoms with Crippen molar-refractivity contribution in [3.63, 3.8) is 0 Å². The van der Waals surface area contributed by atoms with E-state index in [2.05, 4.69) is 0 Å². The molecule has 2 aromatic carbocycles. The number of nitrogens with zero attached hydrogens (tertiary/aromatic N) is 2. The molecule has 6 heteroatoms. The van der Waals surface area contributed by atoms with Crippen LogP contribution in [0.2, 0.25) is 0 Å². The average Bonchev–Trinajstić information content (AvgIpc) is 2.63. The molecule has 3 aromatic rings. The zero-order valence-electron chi connectivity index (χ0n) is 13.5. The van der Waals surface area contributed by atoms with Crippen LogP contribution in [0.5, 0.6) is 5.75 Å². The number of pyridine rings is 1. The van der Waals surface area contributed by atoms with Crippen molar-refractivity contribution >= 4 is 10.8 Å². The summed E-state index contributed by atoms with van der Waals surface area (Å²) in [6, 6.07) is 12.8. The van der Waals surface area contributed by atoms with Gasteiger partial charge in [-0.1, -0.05) is 12.1 Å². The third-order valence-electron chi connectivity index (χ3n) is 4.02. The maximum absolute atomic E-state index is 13.7. The lowest BCUT2D eigenvalue weighted by Gasteiger charge is -2.16. The van der Waals surface area contributed by atoms with E-state index in [4.69, 9.17) is 4.74 Å². The van der Waals surface area contributed by atoms with E-state index in [-0.39, 0.29) is 24.4 Å². The van der Waals surface area contributed by atoms with Gasteiger partial charge in [0.05, 0.1) is 20.3 Å². The first kappa shape index (κ1) is 16.7. The summed E-state index contributed by atoms with van der Waals surface area (Å²) in [6.07, 6.45) is 0. The molecular formula is C19H15FN2O3. The maximum Gasteiger partial charge on any atom is 0.259 e. The normalized spacial score (nSPS) is 10.6. The van der Waals surface area contributed by atoms with Crippen molar-refractivity contribution in [3.05, 3.63) is 64.3 Å². The Morgan fingerprint density at radius 3 is 2.68 bits per heavy atom. The van der Waals surface area contributed by atoms with Gasteiger partial charge in [-0.05, 0) is 35.9 Å². The van der Waals surface area contributed by atoms with Gasteiger partial charge in [0.1, 0.15) is 23.3 Å². The summed E-state index contributed by atoms with van der Waals surface area (Å²) >= 11 is 0. The Labute approximate surface area is 143 Å². The van der Waals surface area contributed by atoms with E-state index in [1.54, 1.807) is 30.3 Å². The second-order valence-electron chi connectivity index (χ2n) is 5.44. The molecule has 1 heterocycles. The third kappa shape index (κ3) is 2.86. The number of rotatable bonds is 4. The van der Waals surface area contributed by atoms with Crippen molar-refractivity contribution in [2.24, 2.45) is 0 Å². The summed E-state index contributed by atoms with van der Waals surface area (Å²) in [5, 5.41) is 19.8. The molecule has 0 radical (unpaired) electrons. The number of ether oxygens (including phenoxy) is 1. The lowest BCUT2D eigenvalue weighted by molar-refractivity contribution is 0.274. The standard InChI is InChI=1S/C19H15FN2O3/c1-25-14-5-6-15-16(10-14)18(12-3-2-4-13(20)9-12)17(11-21)22(7-8-23)19(15)24/h2-6,9-10,23H,7-8H2,1H3. The van der Waals surface area contributed by atoms with Crippen LogP contribution in [-0.4, -0.2) is 23.4 Å². The number of fused-ring (bicyclic) bond motifs is 1. The summed E-state index contributed by atoms with van der Waals surface area (Å²) in [6.45, 7) is -0.315. The molecule has 0 aliphatic rings. The van der Waals surface area contributed by atoms with Crippen LogP contribution in [0.15, 0.2) is 47.3 Å². The minimum atomic E-state index is -0.447. The quantitative estimate of drug-likeness (QED) is 0.794. The summed E-state index contributed by atoms with van der Waals surface area (Å²) in [5.74, 6) is 0.0747. The first-order valence-electron chi connectivity index (χ1n) is 7.62. The van der Waals surface area contributed by atoms with E-state index >= 15 is 0 Å². The molecule has 0 fully saturated rings. The average molecular weight is 338 g/mol. The molecule has 3 rings (SSSR count). The fourth-order valence-corrected chi connectivity index (χ4v) is 2.92. The van der Waals surface area contributed by atoms with Crippen molar-refractivity contribution < 1.29 is 14.2 Å². The SMILES string of the molecule is COc1ccc2c(=O)n(CCO)c(C#N)c(-c3cccc(F)c3)c2c1. The highest BCUT2D eigenvalue weighted by atomic mass is 19.1. The number of halogens is 1. The Bertz CT molecular complexity index is 1050. The number of aromatic nitrogens is 1. The van der Waals surface area contributed by atoms with E-state index in [1.165, 1.54) is 23.8 Å². The molecule has 0 bridgehead atoms. The molecule has 0 atom stereocenters. The Balaban J connectivity index is 2.52. The molecule has 1 N–H and O–H groups in total. The molecule has 126 valence electrons. The van der Waals surface area contributed by atoms with Gasteiger partial charge in [-0.2, -0.15) is 5.26 Å². The summed E-state index contributed by atoms with van der Waals surface area (Å²) in [5.41, 5.74) is 0.597. The monoisotopic (exact) mass is 338 g/mol. The highest BCUT2D eigenvalue weighted by molar-refractivity contribution is 5.99. The van der Waals surface area contributed by atoms with Crippen LogP contribution in [0.25, 0.3) is 21.9 Å². The second-order valence-corrected chi connectivity index (χ2v) is 5.44. The van der Waals surface area contributed by atoms with Crippen LogP contribution in [0.1, 0.15) is 5.69 Å². The van der Waals surface area contributed by atoms with Crippen molar-refractivity contribution in [2.45, 2.75) is 6.54 Å². The van der Waals surface area contributed by atoms with Crippen LogP contribution in [0.3, 0.4) is 0 Å². The lowest BCUT2D eigenvalue weighted by atomic mass is 9.96. The van der Waals surface area contributed by atoms with Gasteiger partial charge in [-0.15, -0.1) is 0 Å².